The molecular weight excluding hydrogens is 454 g/mol. The molecule has 1 aromatic carbocycles. The van der Waals surface area contributed by atoms with Gasteiger partial charge in [-0.2, -0.15) is 0 Å². The molecule has 1 aromatic rings. The van der Waals surface area contributed by atoms with Crippen molar-refractivity contribution in [3.05, 3.63) is 35.4 Å². The van der Waals surface area contributed by atoms with E-state index in [2.05, 4.69) is 24.5 Å². The van der Waals surface area contributed by atoms with Gasteiger partial charge in [-0.15, -0.1) is 0 Å². The molecule has 36 heavy (non-hydrogen) atoms. The molecule has 204 valence electrons. The monoisotopic (exact) mass is 503 g/mol. The summed E-state index contributed by atoms with van der Waals surface area (Å²) in [4.78, 5) is 41.9. The second kappa shape index (κ2) is 14.9. The summed E-state index contributed by atoms with van der Waals surface area (Å²) >= 11 is 0. The van der Waals surface area contributed by atoms with E-state index in [9.17, 15) is 14.4 Å². The maximum absolute atomic E-state index is 14.1. The number of rotatable bonds is 13. The first-order valence-corrected chi connectivity index (χ1v) is 13.5. The number of ether oxygens (including phenoxy) is 1. The molecule has 0 spiro atoms. The fourth-order valence-electron chi connectivity index (χ4n) is 4.02. The van der Waals surface area contributed by atoms with E-state index in [-0.39, 0.29) is 23.8 Å². The number of carbonyl (C=O) groups excluding carboxylic acids is 3. The van der Waals surface area contributed by atoms with Gasteiger partial charge in [0, 0.05) is 12.6 Å². The predicted octanol–water partition coefficient (Wildman–Crippen LogP) is 5.77. The quantitative estimate of drug-likeness (QED) is 0.334. The third-order valence-corrected chi connectivity index (χ3v) is 6.27. The molecule has 1 rings (SSSR count). The predicted molar refractivity (Wildman–Crippen MR) is 146 cm³/mol. The maximum atomic E-state index is 14.1. The summed E-state index contributed by atoms with van der Waals surface area (Å²) in [6, 6.07) is 5.95. The Balaban J connectivity index is 3.42. The van der Waals surface area contributed by atoms with Crippen LogP contribution in [0.25, 0.3) is 0 Å². The summed E-state index contributed by atoms with van der Waals surface area (Å²) in [7, 11) is 0. The molecule has 0 aromatic heterocycles. The van der Waals surface area contributed by atoms with E-state index < -0.39 is 23.8 Å². The molecule has 0 saturated heterocycles. The van der Waals surface area contributed by atoms with Gasteiger partial charge in [0.15, 0.2) is 0 Å². The van der Waals surface area contributed by atoms with Gasteiger partial charge in [0.05, 0.1) is 0 Å². The zero-order chi connectivity index (χ0) is 27.5. The molecule has 7 nitrogen and oxygen atoms in total. The summed E-state index contributed by atoms with van der Waals surface area (Å²) in [5.74, 6) is -0.655. The highest BCUT2D eigenvalue weighted by Crippen LogP contribution is 2.27. The van der Waals surface area contributed by atoms with Crippen molar-refractivity contribution in [2.24, 2.45) is 5.92 Å². The van der Waals surface area contributed by atoms with Crippen molar-refractivity contribution in [2.75, 3.05) is 6.54 Å². The van der Waals surface area contributed by atoms with Crippen LogP contribution in [-0.2, 0) is 20.7 Å². The largest absolute Gasteiger partial charge is 0.444 e. The molecular formula is C29H49N3O4. The molecule has 0 saturated carbocycles. The first-order valence-electron chi connectivity index (χ1n) is 13.5. The van der Waals surface area contributed by atoms with Gasteiger partial charge in [-0.1, -0.05) is 71.2 Å². The smallest absolute Gasteiger partial charge is 0.408 e. The number of benzene rings is 1. The van der Waals surface area contributed by atoms with Crippen molar-refractivity contribution in [3.63, 3.8) is 0 Å². The van der Waals surface area contributed by atoms with Gasteiger partial charge in [0.25, 0.3) is 0 Å². The Morgan fingerprint density at radius 2 is 1.58 bits per heavy atom. The molecule has 0 radical (unpaired) electrons. The third kappa shape index (κ3) is 9.82. The molecule has 0 aliphatic rings. The van der Waals surface area contributed by atoms with E-state index in [1.807, 2.05) is 52.0 Å². The minimum atomic E-state index is -0.822. The van der Waals surface area contributed by atoms with Crippen LogP contribution in [0.5, 0.6) is 0 Å². The van der Waals surface area contributed by atoms with Crippen LogP contribution < -0.4 is 10.6 Å². The van der Waals surface area contributed by atoms with Crippen LogP contribution in [0.2, 0.25) is 0 Å². The molecule has 0 aliphatic carbocycles. The van der Waals surface area contributed by atoms with E-state index in [4.69, 9.17) is 4.74 Å². The summed E-state index contributed by atoms with van der Waals surface area (Å²) in [5.41, 5.74) is 1.22. The van der Waals surface area contributed by atoms with Crippen LogP contribution >= 0.6 is 0 Å². The number of hydrogen-bond donors (Lipinski definition) is 2. The van der Waals surface area contributed by atoms with Crippen molar-refractivity contribution in [1.82, 2.24) is 15.5 Å². The van der Waals surface area contributed by atoms with Crippen molar-refractivity contribution in [1.29, 1.82) is 0 Å². The Morgan fingerprint density at radius 1 is 0.972 bits per heavy atom. The molecule has 7 heteroatoms. The van der Waals surface area contributed by atoms with Crippen molar-refractivity contribution < 1.29 is 19.1 Å². The Bertz CT molecular complexity index is 830. The first kappa shape index (κ1) is 31.5. The van der Waals surface area contributed by atoms with Crippen LogP contribution in [0.1, 0.15) is 105 Å². The van der Waals surface area contributed by atoms with Gasteiger partial charge in [0.2, 0.25) is 11.8 Å². The highest BCUT2D eigenvalue weighted by Gasteiger charge is 2.39. The number of hydrogen-bond acceptors (Lipinski definition) is 4. The number of amides is 3. The maximum Gasteiger partial charge on any atom is 0.408 e. The van der Waals surface area contributed by atoms with E-state index in [1.165, 1.54) is 0 Å². The number of unbranched alkanes of at least 4 members (excludes halogenated alkanes) is 2. The fourth-order valence-corrected chi connectivity index (χ4v) is 4.02. The van der Waals surface area contributed by atoms with E-state index in [0.29, 0.717) is 13.0 Å². The van der Waals surface area contributed by atoms with E-state index in [0.717, 1.165) is 36.8 Å². The minimum Gasteiger partial charge on any atom is -0.444 e. The Morgan fingerprint density at radius 3 is 2.06 bits per heavy atom. The van der Waals surface area contributed by atoms with Gasteiger partial charge >= 0.3 is 6.09 Å². The van der Waals surface area contributed by atoms with Gasteiger partial charge in [-0.3, -0.25) is 9.59 Å². The van der Waals surface area contributed by atoms with Crippen LogP contribution in [0.15, 0.2) is 24.3 Å². The molecule has 3 unspecified atom stereocenters. The summed E-state index contributed by atoms with van der Waals surface area (Å²) in [5, 5.41) is 5.84. The van der Waals surface area contributed by atoms with Crippen molar-refractivity contribution in [2.45, 2.75) is 118 Å². The number of alkyl carbamates (subject to hydrolysis) is 1. The van der Waals surface area contributed by atoms with Crippen LogP contribution in [0.4, 0.5) is 4.79 Å². The van der Waals surface area contributed by atoms with Crippen LogP contribution in [0, 0.1) is 5.92 Å². The average Bonchev–Trinajstić information content (AvgIpc) is 2.81. The normalized spacial score (nSPS) is 14.1. The number of carbonyl (C=O) groups is 3. The lowest BCUT2D eigenvalue weighted by atomic mass is 9.94. The first-order chi connectivity index (χ1) is 16.9. The van der Waals surface area contributed by atoms with E-state index >= 15 is 0 Å². The molecule has 0 aliphatic heterocycles. The topological polar surface area (TPSA) is 87.7 Å². The second-order valence-corrected chi connectivity index (χ2v) is 10.8. The summed E-state index contributed by atoms with van der Waals surface area (Å²) in [6.07, 6.45) is 3.89. The van der Waals surface area contributed by atoms with Gasteiger partial charge in [-0.25, -0.2) is 4.79 Å². The van der Waals surface area contributed by atoms with Crippen LogP contribution in [0.3, 0.4) is 0 Å². The molecule has 3 amide bonds. The fraction of sp³-hybridized carbons (Fsp3) is 0.690. The zero-order valence-electron chi connectivity index (χ0n) is 23.9. The lowest BCUT2D eigenvalue weighted by Crippen LogP contribution is -2.57. The number of nitrogens with zero attached hydrogens (tertiary/aromatic N) is 1. The SMILES string of the molecule is CCCCCNC(=O)C(c1ccc(CC)cc1)N(C(=O)C(NC(=O)OC(C)(C)C)C(C)CC)C(C)C. The lowest BCUT2D eigenvalue weighted by molar-refractivity contribution is -0.145. The third-order valence-electron chi connectivity index (χ3n) is 6.27. The molecule has 0 bridgehead atoms. The zero-order valence-corrected chi connectivity index (χ0v) is 23.9. The average molecular weight is 504 g/mol. The van der Waals surface area contributed by atoms with Crippen molar-refractivity contribution in [3.8, 4) is 0 Å². The number of nitrogens with one attached hydrogen (secondary N) is 2. The van der Waals surface area contributed by atoms with Crippen LogP contribution in [-0.4, -0.2) is 47.0 Å². The number of aryl methyl sites for hydroxylation is 1. The Labute approximate surface area is 218 Å². The standard InChI is InChI=1S/C29H49N3O4/c1-10-13-14-19-30-26(33)25(23-17-15-22(12-3)16-18-23)32(20(4)5)27(34)24(21(6)11-2)31-28(35)36-29(7,8)9/h15-18,20-21,24-25H,10-14,19H2,1-9H3,(H,30,33)(H,31,35). The minimum absolute atomic E-state index is 0.151. The van der Waals surface area contributed by atoms with Gasteiger partial charge in [0.1, 0.15) is 17.7 Å². The highest BCUT2D eigenvalue weighted by atomic mass is 16.6. The lowest BCUT2D eigenvalue weighted by Gasteiger charge is -2.38. The summed E-state index contributed by atoms with van der Waals surface area (Å²) < 4.78 is 5.45. The Hall–Kier alpha value is -2.57. The summed E-state index contributed by atoms with van der Waals surface area (Å²) in [6.45, 7) is 17.8. The molecule has 3 atom stereocenters. The van der Waals surface area contributed by atoms with Crippen molar-refractivity contribution >= 4 is 17.9 Å². The Kier molecular flexibility index (Phi) is 13.0. The molecule has 0 fully saturated rings. The molecule has 0 heterocycles. The second-order valence-electron chi connectivity index (χ2n) is 10.8. The molecule has 2 N–H and O–H groups in total. The highest BCUT2D eigenvalue weighted by molar-refractivity contribution is 5.92. The van der Waals surface area contributed by atoms with Gasteiger partial charge in [-0.05, 0) is 64.5 Å². The van der Waals surface area contributed by atoms with E-state index in [1.54, 1.807) is 25.7 Å². The van der Waals surface area contributed by atoms with Gasteiger partial charge < -0.3 is 20.3 Å².